The van der Waals surface area contributed by atoms with E-state index in [1.165, 1.54) is 25.7 Å². The van der Waals surface area contributed by atoms with Crippen LogP contribution in [0.1, 0.15) is 55.8 Å². The molecule has 0 saturated carbocycles. The van der Waals surface area contributed by atoms with Crippen molar-refractivity contribution < 1.29 is 0 Å². The molecule has 0 bridgehead atoms. The Kier molecular flexibility index (Phi) is 4.97. The lowest BCUT2D eigenvalue weighted by Gasteiger charge is -2.32. The standard InChI is InChI=1S/C16H25N3S/c1-4-13-8-6-5-7-9-19(13)16-14(15(17)20)11(2)10-12(3)18-16/h10,13H,4-9H2,1-3H3,(H2,17,20). The van der Waals surface area contributed by atoms with Crippen LogP contribution in [-0.2, 0) is 0 Å². The summed E-state index contributed by atoms with van der Waals surface area (Å²) >= 11 is 5.27. The van der Waals surface area contributed by atoms with Crippen molar-refractivity contribution in [1.29, 1.82) is 0 Å². The molecule has 0 aromatic carbocycles. The Labute approximate surface area is 127 Å². The molecule has 2 rings (SSSR count). The maximum absolute atomic E-state index is 5.96. The van der Waals surface area contributed by atoms with E-state index in [0.717, 1.165) is 35.6 Å². The minimum atomic E-state index is 0.462. The number of hydrogen-bond donors (Lipinski definition) is 1. The predicted molar refractivity (Wildman–Crippen MR) is 89.5 cm³/mol. The Morgan fingerprint density at radius 1 is 1.40 bits per heavy atom. The van der Waals surface area contributed by atoms with E-state index in [0.29, 0.717) is 11.0 Å². The van der Waals surface area contributed by atoms with Gasteiger partial charge in [-0.2, -0.15) is 0 Å². The maximum atomic E-state index is 5.96. The van der Waals surface area contributed by atoms with E-state index in [-0.39, 0.29) is 0 Å². The second kappa shape index (κ2) is 6.53. The first kappa shape index (κ1) is 15.2. The van der Waals surface area contributed by atoms with Gasteiger partial charge < -0.3 is 10.6 Å². The number of thiocarbonyl (C=S) groups is 1. The summed E-state index contributed by atoms with van der Waals surface area (Å²) < 4.78 is 0. The summed E-state index contributed by atoms with van der Waals surface area (Å²) in [6.45, 7) is 7.43. The Bertz CT molecular complexity index is 499. The van der Waals surface area contributed by atoms with Crippen molar-refractivity contribution in [1.82, 2.24) is 4.98 Å². The number of nitrogens with zero attached hydrogens (tertiary/aromatic N) is 2. The molecule has 0 aliphatic carbocycles. The predicted octanol–water partition coefficient (Wildman–Crippen LogP) is 3.49. The van der Waals surface area contributed by atoms with Crippen LogP contribution in [0.25, 0.3) is 0 Å². The van der Waals surface area contributed by atoms with E-state index in [1.807, 2.05) is 6.92 Å². The third-order valence-corrected chi connectivity index (χ3v) is 4.40. The van der Waals surface area contributed by atoms with Crippen molar-refractivity contribution in [2.45, 2.75) is 58.9 Å². The first-order chi connectivity index (χ1) is 9.54. The van der Waals surface area contributed by atoms with E-state index < -0.39 is 0 Å². The second-order valence-electron chi connectivity index (χ2n) is 5.75. The van der Waals surface area contributed by atoms with Gasteiger partial charge in [-0.25, -0.2) is 4.98 Å². The molecule has 1 saturated heterocycles. The minimum Gasteiger partial charge on any atom is -0.389 e. The Morgan fingerprint density at radius 2 is 2.15 bits per heavy atom. The van der Waals surface area contributed by atoms with Gasteiger partial charge in [0.15, 0.2) is 0 Å². The number of aromatic nitrogens is 1. The lowest BCUT2D eigenvalue weighted by Crippen LogP contribution is -2.37. The first-order valence-electron chi connectivity index (χ1n) is 7.59. The van der Waals surface area contributed by atoms with Gasteiger partial charge in [0.2, 0.25) is 0 Å². The highest BCUT2D eigenvalue weighted by molar-refractivity contribution is 7.80. The molecule has 20 heavy (non-hydrogen) atoms. The van der Waals surface area contributed by atoms with Crippen molar-refractivity contribution >= 4 is 23.0 Å². The molecule has 110 valence electrons. The second-order valence-corrected chi connectivity index (χ2v) is 6.19. The van der Waals surface area contributed by atoms with Crippen molar-refractivity contribution in [2.24, 2.45) is 5.73 Å². The summed E-state index contributed by atoms with van der Waals surface area (Å²) in [6.07, 6.45) is 6.22. The van der Waals surface area contributed by atoms with Crippen LogP contribution in [0.5, 0.6) is 0 Å². The van der Waals surface area contributed by atoms with Gasteiger partial charge >= 0.3 is 0 Å². The van der Waals surface area contributed by atoms with Crippen LogP contribution in [0.15, 0.2) is 6.07 Å². The quantitative estimate of drug-likeness (QED) is 0.866. The zero-order chi connectivity index (χ0) is 14.7. The summed E-state index contributed by atoms with van der Waals surface area (Å²) in [7, 11) is 0. The fourth-order valence-electron chi connectivity index (χ4n) is 3.21. The van der Waals surface area contributed by atoms with Gasteiger partial charge in [0, 0.05) is 18.3 Å². The molecule has 0 amide bonds. The van der Waals surface area contributed by atoms with Gasteiger partial charge in [-0.05, 0) is 44.7 Å². The van der Waals surface area contributed by atoms with Gasteiger partial charge in [0.25, 0.3) is 0 Å². The fourth-order valence-corrected chi connectivity index (χ4v) is 3.46. The molecule has 0 spiro atoms. The average molecular weight is 291 g/mol. The monoisotopic (exact) mass is 291 g/mol. The largest absolute Gasteiger partial charge is 0.389 e. The van der Waals surface area contributed by atoms with Crippen LogP contribution >= 0.6 is 12.2 Å². The Hall–Kier alpha value is -1.16. The lowest BCUT2D eigenvalue weighted by atomic mass is 10.0. The zero-order valence-electron chi connectivity index (χ0n) is 12.8. The molecule has 2 N–H and O–H groups in total. The van der Waals surface area contributed by atoms with Crippen LogP contribution in [0, 0.1) is 13.8 Å². The van der Waals surface area contributed by atoms with Crippen LogP contribution in [0.3, 0.4) is 0 Å². The summed E-state index contributed by atoms with van der Waals surface area (Å²) in [4.78, 5) is 7.69. The molecule has 1 aromatic heterocycles. The molecule has 1 aliphatic rings. The fraction of sp³-hybridized carbons (Fsp3) is 0.625. The zero-order valence-corrected chi connectivity index (χ0v) is 13.6. The third kappa shape index (κ3) is 3.11. The Balaban J connectivity index is 2.50. The van der Waals surface area contributed by atoms with Crippen LogP contribution in [-0.4, -0.2) is 22.6 Å². The van der Waals surface area contributed by atoms with Crippen molar-refractivity contribution in [3.05, 3.63) is 22.9 Å². The minimum absolute atomic E-state index is 0.462. The number of hydrogen-bond acceptors (Lipinski definition) is 3. The molecule has 0 radical (unpaired) electrons. The van der Waals surface area contributed by atoms with Crippen LogP contribution in [0.4, 0.5) is 5.82 Å². The van der Waals surface area contributed by atoms with Gasteiger partial charge in [-0.15, -0.1) is 0 Å². The van der Waals surface area contributed by atoms with E-state index in [1.54, 1.807) is 0 Å². The maximum Gasteiger partial charge on any atom is 0.139 e. The molecule has 1 fully saturated rings. The summed E-state index contributed by atoms with van der Waals surface area (Å²) in [5.74, 6) is 1.00. The third-order valence-electron chi connectivity index (χ3n) is 4.19. The molecule has 1 unspecified atom stereocenters. The van der Waals surface area contributed by atoms with E-state index in [2.05, 4.69) is 24.8 Å². The van der Waals surface area contributed by atoms with Crippen molar-refractivity contribution in [2.75, 3.05) is 11.4 Å². The number of aryl methyl sites for hydroxylation is 2. The number of rotatable bonds is 3. The van der Waals surface area contributed by atoms with Gasteiger partial charge in [-0.1, -0.05) is 32.0 Å². The van der Waals surface area contributed by atoms with Crippen molar-refractivity contribution in [3.8, 4) is 0 Å². The number of nitrogens with two attached hydrogens (primary N) is 1. The first-order valence-corrected chi connectivity index (χ1v) is 8.00. The molecule has 1 atom stereocenters. The topological polar surface area (TPSA) is 42.2 Å². The molecule has 3 nitrogen and oxygen atoms in total. The highest BCUT2D eigenvalue weighted by Gasteiger charge is 2.24. The summed E-state index contributed by atoms with van der Waals surface area (Å²) in [5, 5.41) is 0. The highest BCUT2D eigenvalue weighted by Crippen LogP contribution is 2.29. The van der Waals surface area contributed by atoms with Crippen LogP contribution < -0.4 is 10.6 Å². The van der Waals surface area contributed by atoms with E-state index >= 15 is 0 Å². The SMILES string of the molecule is CCC1CCCCCN1c1nc(C)cc(C)c1C(N)=S. The summed E-state index contributed by atoms with van der Waals surface area (Å²) in [5.41, 5.74) is 9.10. The normalized spacial score (nSPS) is 19.8. The molecular weight excluding hydrogens is 266 g/mol. The van der Waals surface area contributed by atoms with E-state index in [4.69, 9.17) is 22.9 Å². The van der Waals surface area contributed by atoms with Gasteiger partial charge in [0.05, 0.1) is 5.56 Å². The highest BCUT2D eigenvalue weighted by atomic mass is 32.1. The van der Waals surface area contributed by atoms with Crippen molar-refractivity contribution in [3.63, 3.8) is 0 Å². The van der Waals surface area contributed by atoms with Crippen LogP contribution in [0.2, 0.25) is 0 Å². The molecule has 4 heteroatoms. The molecule has 1 aromatic rings. The van der Waals surface area contributed by atoms with Gasteiger partial charge in [-0.3, -0.25) is 0 Å². The lowest BCUT2D eigenvalue weighted by molar-refractivity contribution is 0.551. The average Bonchev–Trinajstić information content (AvgIpc) is 2.61. The van der Waals surface area contributed by atoms with E-state index in [9.17, 15) is 0 Å². The molecular formula is C16H25N3S. The summed E-state index contributed by atoms with van der Waals surface area (Å²) in [6, 6.07) is 2.62. The molecule has 1 aliphatic heterocycles. The number of pyridine rings is 1. The van der Waals surface area contributed by atoms with Gasteiger partial charge in [0.1, 0.15) is 10.8 Å². The molecule has 2 heterocycles. The number of anilines is 1. The smallest absolute Gasteiger partial charge is 0.139 e. The Morgan fingerprint density at radius 3 is 2.80 bits per heavy atom.